The number of rotatable bonds is 7. The first-order valence-corrected chi connectivity index (χ1v) is 8.26. The Morgan fingerprint density at radius 3 is 2.68 bits per heavy atom. The summed E-state index contributed by atoms with van der Waals surface area (Å²) < 4.78 is 0. The van der Waals surface area contributed by atoms with Crippen LogP contribution in [0.3, 0.4) is 0 Å². The van der Waals surface area contributed by atoms with Crippen LogP contribution < -0.4 is 10.2 Å². The van der Waals surface area contributed by atoms with Crippen molar-refractivity contribution in [3.8, 4) is 0 Å². The highest BCUT2D eigenvalue weighted by Gasteiger charge is 2.26. The molecule has 0 bridgehead atoms. The van der Waals surface area contributed by atoms with E-state index in [1.165, 1.54) is 18.5 Å². The number of benzene rings is 1. The fourth-order valence-corrected chi connectivity index (χ4v) is 2.93. The van der Waals surface area contributed by atoms with Gasteiger partial charge in [0.25, 0.3) is 0 Å². The molecule has 0 radical (unpaired) electrons. The van der Waals surface area contributed by atoms with Crippen LogP contribution in [0, 0.1) is 5.41 Å². The molecule has 1 aromatic rings. The van der Waals surface area contributed by atoms with Crippen LogP contribution >= 0.6 is 11.6 Å². The van der Waals surface area contributed by atoms with Gasteiger partial charge in [0, 0.05) is 35.9 Å². The van der Waals surface area contributed by atoms with E-state index in [0.717, 1.165) is 23.7 Å². The number of nitrogens with zero attached hydrogens (tertiary/aromatic N) is 1. The van der Waals surface area contributed by atoms with Gasteiger partial charge < -0.3 is 15.3 Å². The molecule has 1 fully saturated rings. The SMILES string of the molecule is CC(C)(CCNCc1c(Cl)cccc1N1CCCC1)C(=O)O. The second-order valence-electron chi connectivity index (χ2n) is 6.55. The third kappa shape index (κ3) is 4.14. The minimum atomic E-state index is -0.759. The number of nitrogens with one attached hydrogen (secondary N) is 1. The average molecular weight is 325 g/mol. The van der Waals surface area contributed by atoms with Gasteiger partial charge in [0.05, 0.1) is 5.41 Å². The largest absolute Gasteiger partial charge is 0.481 e. The molecule has 0 saturated carbocycles. The molecule has 0 aromatic heterocycles. The molecule has 0 spiro atoms. The average Bonchev–Trinajstić information content (AvgIpc) is 2.98. The van der Waals surface area contributed by atoms with E-state index in [4.69, 9.17) is 16.7 Å². The summed E-state index contributed by atoms with van der Waals surface area (Å²) in [5.74, 6) is -0.759. The molecule has 1 aliphatic rings. The van der Waals surface area contributed by atoms with E-state index in [2.05, 4.69) is 16.3 Å². The van der Waals surface area contributed by atoms with Crippen LogP contribution in [-0.4, -0.2) is 30.7 Å². The Balaban J connectivity index is 1.96. The predicted molar refractivity (Wildman–Crippen MR) is 90.6 cm³/mol. The summed E-state index contributed by atoms with van der Waals surface area (Å²) >= 11 is 6.37. The van der Waals surface area contributed by atoms with Crippen molar-refractivity contribution in [3.05, 3.63) is 28.8 Å². The van der Waals surface area contributed by atoms with Crippen LogP contribution in [-0.2, 0) is 11.3 Å². The van der Waals surface area contributed by atoms with Gasteiger partial charge in [-0.05, 0) is 51.8 Å². The maximum Gasteiger partial charge on any atom is 0.309 e. The zero-order chi connectivity index (χ0) is 16.2. The second kappa shape index (κ2) is 7.34. The van der Waals surface area contributed by atoms with Crippen LogP contribution in [0.25, 0.3) is 0 Å². The first kappa shape index (κ1) is 17.1. The quantitative estimate of drug-likeness (QED) is 0.753. The fourth-order valence-electron chi connectivity index (χ4n) is 2.70. The lowest BCUT2D eigenvalue weighted by molar-refractivity contribution is -0.147. The Morgan fingerprint density at radius 1 is 1.36 bits per heavy atom. The third-order valence-corrected chi connectivity index (χ3v) is 4.70. The van der Waals surface area contributed by atoms with Crippen molar-refractivity contribution in [1.82, 2.24) is 5.32 Å². The van der Waals surface area contributed by atoms with E-state index < -0.39 is 11.4 Å². The highest BCUT2D eigenvalue weighted by Crippen LogP contribution is 2.30. The number of halogens is 1. The number of hydrogen-bond acceptors (Lipinski definition) is 3. The molecule has 1 heterocycles. The molecule has 2 rings (SSSR count). The van der Waals surface area contributed by atoms with Gasteiger partial charge in [0.15, 0.2) is 0 Å². The molecular weight excluding hydrogens is 300 g/mol. The van der Waals surface area contributed by atoms with E-state index in [1.807, 2.05) is 12.1 Å². The Morgan fingerprint density at radius 2 is 2.05 bits per heavy atom. The van der Waals surface area contributed by atoms with Crippen molar-refractivity contribution in [3.63, 3.8) is 0 Å². The smallest absolute Gasteiger partial charge is 0.309 e. The Labute approximate surface area is 137 Å². The van der Waals surface area contributed by atoms with E-state index in [1.54, 1.807) is 13.8 Å². The first-order valence-electron chi connectivity index (χ1n) is 7.88. The highest BCUT2D eigenvalue weighted by atomic mass is 35.5. The summed E-state index contributed by atoms with van der Waals surface area (Å²) in [5, 5.41) is 13.2. The van der Waals surface area contributed by atoms with Gasteiger partial charge in [-0.2, -0.15) is 0 Å². The van der Waals surface area contributed by atoms with Crippen LogP contribution in [0.5, 0.6) is 0 Å². The van der Waals surface area contributed by atoms with Crippen LogP contribution in [0.4, 0.5) is 5.69 Å². The van der Waals surface area contributed by atoms with Crippen LogP contribution in [0.2, 0.25) is 5.02 Å². The summed E-state index contributed by atoms with van der Waals surface area (Å²) in [6, 6.07) is 6.03. The molecule has 122 valence electrons. The molecule has 5 heteroatoms. The van der Waals surface area contributed by atoms with Gasteiger partial charge in [-0.1, -0.05) is 17.7 Å². The van der Waals surface area contributed by atoms with E-state index in [0.29, 0.717) is 19.5 Å². The molecule has 0 amide bonds. The van der Waals surface area contributed by atoms with Gasteiger partial charge in [0.1, 0.15) is 0 Å². The third-order valence-electron chi connectivity index (χ3n) is 4.35. The van der Waals surface area contributed by atoms with Gasteiger partial charge >= 0.3 is 5.97 Å². The molecule has 4 nitrogen and oxygen atoms in total. The van der Waals surface area contributed by atoms with Crippen molar-refractivity contribution in [1.29, 1.82) is 0 Å². The minimum Gasteiger partial charge on any atom is -0.481 e. The molecular formula is C17H25ClN2O2. The maximum absolute atomic E-state index is 11.1. The van der Waals surface area contributed by atoms with Gasteiger partial charge in [0.2, 0.25) is 0 Å². The van der Waals surface area contributed by atoms with Crippen molar-refractivity contribution in [2.45, 2.75) is 39.7 Å². The van der Waals surface area contributed by atoms with E-state index in [-0.39, 0.29) is 0 Å². The van der Waals surface area contributed by atoms with E-state index >= 15 is 0 Å². The zero-order valence-electron chi connectivity index (χ0n) is 13.4. The number of aliphatic carboxylic acids is 1. The van der Waals surface area contributed by atoms with Crippen molar-refractivity contribution >= 4 is 23.3 Å². The highest BCUT2D eigenvalue weighted by molar-refractivity contribution is 6.31. The van der Waals surface area contributed by atoms with Gasteiger partial charge in [-0.3, -0.25) is 4.79 Å². The normalized spacial score (nSPS) is 15.3. The summed E-state index contributed by atoms with van der Waals surface area (Å²) in [7, 11) is 0. The predicted octanol–water partition coefficient (Wildman–Crippen LogP) is 3.53. The fraction of sp³-hybridized carbons (Fsp3) is 0.588. The minimum absolute atomic E-state index is 0.589. The summed E-state index contributed by atoms with van der Waals surface area (Å²) in [6.07, 6.45) is 3.05. The lowest BCUT2D eigenvalue weighted by Crippen LogP contribution is -2.29. The molecule has 0 atom stereocenters. The van der Waals surface area contributed by atoms with Crippen molar-refractivity contribution in [2.75, 3.05) is 24.5 Å². The number of carboxylic acids is 1. The Hall–Kier alpha value is -1.26. The van der Waals surface area contributed by atoms with Crippen molar-refractivity contribution in [2.24, 2.45) is 5.41 Å². The number of carbonyl (C=O) groups is 1. The number of carboxylic acid groups (broad SMARTS) is 1. The van der Waals surface area contributed by atoms with Crippen LogP contribution in [0.15, 0.2) is 18.2 Å². The second-order valence-corrected chi connectivity index (χ2v) is 6.95. The molecule has 22 heavy (non-hydrogen) atoms. The lowest BCUT2D eigenvalue weighted by atomic mass is 9.90. The van der Waals surface area contributed by atoms with Crippen molar-refractivity contribution < 1.29 is 9.90 Å². The number of anilines is 1. The summed E-state index contributed by atoms with van der Waals surface area (Å²) in [5.41, 5.74) is 1.61. The topological polar surface area (TPSA) is 52.6 Å². The number of hydrogen-bond donors (Lipinski definition) is 2. The maximum atomic E-state index is 11.1. The van der Waals surface area contributed by atoms with Crippen LogP contribution in [0.1, 0.15) is 38.7 Å². The monoisotopic (exact) mass is 324 g/mol. The van der Waals surface area contributed by atoms with E-state index in [9.17, 15) is 4.79 Å². The Kier molecular flexibility index (Phi) is 5.70. The zero-order valence-corrected chi connectivity index (χ0v) is 14.1. The lowest BCUT2D eigenvalue weighted by Gasteiger charge is -2.23. The molecule has 0 aliphatic carbocycles. The molecule has 1 aliphatic heterocycles. The summed E-state index contributed by atoms with van der Waals surface area (Å²) in [4.78, 5) is 13.5. The molecule has 0 unspecified atom stereocenters. The standard InChI is InChI=1S/C17H25ClN2O2/c1-17(2,16(21)22)8-9-19-12-13-14(18)6-5-7-15(13)20-10-3-4-11-20/h5-7,19H,3-4,8-12H2,1-2H3,(H,21,22). The van der Waals surface area contributed by atoms with Gasteiger partial charge in [-0.15, -0.1) is 0 Å². The Bertz CT molecular complexity index is 525. The molecule has 2 N–H and O–H groups in total. The van der Waals surface area contributed by atoms with Gasteiger partial charge in [-0.25, -0.2) is 0 Å². The molecule has 1 aromatic carbocycles. The first-order chi connectivity index (χ1) is 10.4. The molecule has 1 saturated heterocycles. The summed E-state index contributed by atoms with van der Waals surface area (Å²) in [6.45, 7) is 6.99.